The van der Waals surface area contributed by atoms with E-state index in [2.05, 4.69) is 21.0 Å². The molecule has 1 aromatic heterocycles. The van der Waals surface area contributed by atoms with Crippen molar-refractivity contribution in [3.05, 3.63) is 64.4 Å². The maximum atomic E-state index is 12.5. The van der Waals surface area contributed by atoms with Crippen LogP contribution in [0.25, 0.3) is 5.69 Å². The van der Waals surface area contributed by atoms with Crippen LogP contribution in [0.5, 0.6) is 5.75 Å². The predicted octanol–water partition coefficient (Wildman–Crippen LogP) is 4.89. The van der Waals surface area contributed by atoms with Crippen molar-refractivity contribution in [1.29, 1.82) is 0 Å². The number of hydrogen-bond donors (Lipinski definition) is 0. The molecular weight excluding hydrogens is 426 g/mol. The van der Waals surface area contributed by atoms with Gasteiger partial charge in [0.1, 0.15) is 11.6 Å². The van der Waals surface area contributed by atoms with Crippen molar-refractivity contribution >= 4 is 33.5 Å². The summed E-state index contributed by atoms with van der Waals surface area (Å²) in [6.07, 6.45) is 2.29. The smallest absolute Gasteiger partial charge is 0.209 e. The van der Waals surface area contributed by atoms with E-state index in [9.17, 15) is 4.79 Å². The highest BCUT2D eigenvalue weighted by Crippen LogP contribution is 2.40. The molecule has 1 heterocycles. The Hall–Kier alpha value is -2.12. The maximum Gasteiger partial charge on any atom is 0.209 e. The molecule has 0 atom stereocenters. The Labute approximate surface area is 170 Å². The average molecular weight is 444 g/mol. The second kappa shape index (κ2) is 7.86. The Bertz CT molecular complexity index is 971. The van der Waals surface area contributed by atoms with E-state index in [0.29, 0.717) is 28.1 Å². The Balaban J connectivity index is 1.50. The zero-order chi connectivity index (χ0) is 18.8. The standard InChI is InChI=1S/C20H18BrN3O2S/c1-26-18-10-9-14(11-16(18)21)17(25)12-27-20-22-19(13-7-8-13)24(23-20)15-5-3-2-4-6-15/h2-6,9-11,13H,7-8,12H2,1H3. The fourth-order valence-electron chi connectivity index (χ4n) is 2.78. The second-order valence-corrected chi connectivity index (χ2v) is 8.13. The van der Waals surface area contributed by atoms with Crippen LogP contribution in [-0.2, 0) is 0 Å². The van der Waals surface area contributed by atoms with E-state index in [1.807, 2.05) is 35.0 Å². The average Bonchev–Trinajstić information content (AvgIpc) is 3.46. The number of Topliss-reactive ketones (excluding diaryl/α,β-unsaturated/α-hetero) is 1. The van der Waals surface area contributed by atoms with Crippen LogP contribution in [0.2, 0.25) is 0 Å². The number of rotatable bonds is 7. The molecule has 27 heavy (non-hydrogen) atoms. The van der Waals surface area contributed by atoms with Crippen molar-refractivity contribution in [3.8, 4) is 11.4 Å². The van der Waals surface area contributed by atoms with Crippen molar-refractivity contribution in [2.24, 2.45) is 0 Å². The normalized spacial score (nSPS) is 13.6. The van der Waals surface area contributed by atoms with Crippen molar-refractivity contribution in [2.75, 3.05) is 12.9 Å². The third kappa shape index (κ3) is 4.09. The molecule has 1 fully saturated rings. The zero-order valence-electron chi connectivity index (χ0n) is 14.8. The lowest BCUT2D eigenvalue weighted by Gasteiger charge is -2.05. The topological polar surface area (TPSA) is 57.0 Å². The number of aromatic nitrogens is 3. The molecule has 1 aliphatic rings. The summed E-state index contributed by atoms with van der Waals surface area (Å²) in [5.74, 6) is 2.49. The van der Waals surface area contributed by atoms with Crippen LogP contribution in [0.15, 0.2) is 58.2 Å². The lowest BCUT2D eigenvalue weighted by molar-refractivity contribution is 0.102. The number of carbonyl (C=O) groups is 1. The third-order valence-electron chi connectivity index (χ3n) is 4.36. The molecule has 5 nitrogen and oxygen atoms in total. The van der Waals surface area contributed by atoms with Gasteiger partial charge in [0.2, 0.25) is 5.16 Å². The van der Waals surface area contributed by atoms with Gasteiger partial charge in [0.05, 0.1) is 23.0 Å². The highest BCUT2D eigenvalue weighted by atomic mass is 79.9. The number of ether oxygens (including phenoxy) is 1. The quantitative estimate of drug-likeness (QED) is 0.384. The van der Waals surface area contributed by atoms with E-state index in [0.717, 1.165) is 28.8 Å². The molecule has 0 N–H and O–H groups in total. The second-order valence-electron chi connectivity index (χ2n) is 6.34. The molecule has 0 aliphatic heterocycles. The van der Waals surface area contributed by atoms with Crippen LogP contribution in [0, 0.1) is 0 Å². The lowest BCUT2D eigenvalue weighted by Crippen LogP contribution is -2.03. The molecule has 4 rings (SSSR count). The van der Waals surface area contributed by atoms with Crippen LogP contribution < -0.4 is 4.74 Å². The Morgan fingerprint density at radius 1 is 1.26 bits per heavy atom. The molecule has 2 aromatic carbocycles. The van der Waals surface area contributed by atoms with Crippen LogP contribution >= 0.6 is 27.7 Å². The molecule has 1 aliphatic carbocycles. The van der Waals surface area contributed by atoms with Gasteiger partial charge >= 0.3 is 0 Å². The van der Waals surface area contributed by atoms with Crippen LogP contribution in [0.1, 0.15) is 34.9 Å². The molecule has 0 bridgehead atoms. The molecule has 0 unspecified atom stereocenters. The van der Waals surface area contributed by atoms with Gasteiger partial charge in [-0.3, -0.25) is 4.79 Å². The first-order chi connectivity index (χ1) is 13.2. The van der Waals surface area contributed by atoms with Gasteiger partial charge < -0.3 is 4.74 Å². The van der Waals surface area contributed by atoms with E-state index < -0.39 is 0 Å². The number of carbonyl (C=O) groups excluding carboxylic acids is 1. The highest BCUT2D eigenvalue weighted by molar-refractivity contribution is 9.10. The summed E-state index contributed by atoms with van der Waals surface area (Å²) < 4.78 is 7.89. The molecule has 0 amide bonds. The van der Waals surface area contributed by atoms with Gasteiger partial charge in [-0.1, -0.05) is 30.0 Å². The molecular formula is C20H18BrN3O2S. The first kappa shape index (κ1) is 18.3. The van der Waals surface area contributed by atoms with Crippen molar-refractivity contribution in [2.45, 2.75) is 23.9 Å². The van der Waals surface area contributed by atoms with Gasteiger partial charge in [-0.15, -0.1) is 5.10 Å². The van der Waals surface area contributed by atoms with E-state index in [1.54, 1.807) is 25.3 Å². The van der Waals surface area contributed by atoms with E-state index in [1.165, 1.54) is 11.8 Å². The summed E-state index contributed by atoms with van der Waals surface area (Å²) in [7, 11) is 1.60. The van der Waals surface area contributed by atoms with Crippen molar-refractivity contribution in [3.63, 3.8) is 0 Å². The SMILES string of the molecule is COc1ccc(C(=O)CSc2nc(C3CC3)n(-c3ccccc3)n2)cc1Br. The number of para-hydroxylation sites is 1. The number of thioether (sulfide) groups is 1. The minimum atomic E-state index is 0.0346. The summed E-state index contributed by atoms with van der Waals surface area (Å²) in [4.78, 5) is 17.2. The summed E-state index contributed by atoms with van der Waals surface area (Å²) >= 11 is 4.80. The van der Waals surface area contributed by atoms with Crippen LogP contribution in [-0.4, -0.2) is 33.4 Å². The van der Waals surface area contributed by atoms with Crippen molar-refractivity contribution in [1.82, 2.24) is 14.8 Å². The van der Waals surface area contributed by atoms with Gasteiger partial charge in [0, 0.05) is 11.5 Å². The van der Waals surface area contributed by atoms with E-state index in [4.69, 9.17) is 9.72 Å². The van der Waals surface area contributed by atoms with Crippen LogP contribution in [0.3, 0.4) is 0 Å². The Morgan fingerprint density at radius 3 is 2.70 bits per heavy atom. The number of halogens is 1. The molecule has 7 heteroatoms. The minimum Gasteiger partial charge on any atom is -0.496 e. The largest absolute Gasteiger partial charge is 0.496 e. The molecule has 3 aromatic rings. The summed E-state index contributed by atoms with van der Waals surface area (Å²) in [5.41, 5.74) is 1.64. The van der Waals surface area contributed by atoms with Crippen molar-refractivity contribution < 1.29 is 9.53 Å². The number of benzene rings is 2. The fraction of sp³-hybridized carbons (Fsp3) is 0.250. The zero-order valence-corrected chi connectivity index (χ0v) is 17.2. The first-order valence-corrected chi connectivity index (χ1v) is 10.5. The summed E-state index contributed by atoms with van der Waals surface area (Å²) in [6, 6.07) is 15.4. The third-order valence-corrected chi connectivity index (χ3v) is 5.82. The van der Waals surface area contributed by atoms with Gasteiger partial charge in [0.15, 0.2) is 5.78 Å². The van der Waals surface area contributed by atoms with Gasteiger partial charge in [-0.2, -0.15) is 0 Å². The number of hydrogen-bond acceptors (Lipinski definition) is 5. The van der Waals surface area contributed by atoms with E-state index in [-0.39, 0.29) is 5.78 Å². The molecule has 0 saturated heterocycles. The monoisotopic (exact) mass is 443 g/mol. The minimum absolute atomic E-state index is 0.0346. The van der Waals surface area contributed by atoms with Crippen LogP contribution in [0.4, 0.5) is 0 Å². The maximum absolute atomic E-state index is 12.5. The fourth-order valence-corrected chi connectivity index (χ4v) is 4.05. The van der Waals surface area contributed by atoms with Gasteiger partial charge in [-0.05, 0) is 59.1 Å². The number of methoxy groups -OCH3 is 1. The lowest BCUT2D eigenvalue weighted by atomic mass is 10.1. The van der Waals surface area contributed by atoms with Gasteiger partial charge in [0.25, 0.3) is 0 Å². The Morgan fingerprint density at radius 2 is 2.04 bits per heavy atom. The summed E-state index contributed by atoms with van der Waals surface area (Å²) in [5, 5.41) is 5.28. The first-order valence-electron chi connectivity index (χ1n) is 8.67. The highest BCUT2D eigenvalue weighted by Gasteiger charge is 2.30. The molecule has 1 saturated carbocycles. The molecule has 138 valence electrons. The van der Waals surface area contributed by atoms with E-state index >= 15 is 0 Å². The molecule has 0 spiro atoms. The number of ketones is 1. The molecule has 0 radical (unpaired) electrons. The Kier molecular flexibility index (Phi) is 5.31. The predicted molar refractivity (Wildman–Crippen MR) is 109 cm³/mol. The number of nitrogens with zero attached hydrogens (tertiary/aromatic N) is 3. The van der Waals surface area contributed by atoms with Gasteiger partial charge in [-0.25, -0.2) is 9.67 Å². The summed E-state index contributed by atoms with van der Waals surface area (Å²) in [6.45, 7) is 0.